The topological polar surface area (TPSA) is 54.4 Å². The van der Waals surface area contributed by atoms with E-state index in [0.717, 1.165) is 54.7 Å². The molecule has 0 amide bonds. The molecule has 4 nitrogen and oxygen atoms in total. The minimum Gasteiger partial charge on any atom is -0.494 e. The van der Waals surface area contributed by atoms with E-state index < -0.39 is 0 Å². The third kappa shape index (κ3) is 3.34. The summed E-state index contributed by atoms with van der Waals surface area (Å²) < 4.78 is 5.37. The maximum atomic E-state index is 9.54. The maximum Gasteiger partial charge on any atom is 0.145 e. The van der Waals surface area contributed by atoms with Crippen molar-refractivity contribution in [2.24, 2.45) is 5.92 Å². The van der Waals surface area contributed by atoms with Crippen LogP contribution in [0.5, 0.6) is 5.75 Å². The van der Waals surface area contributed by atoms with Gasteiger partial charge in [0, 0.05) is 11.9 Å². The van der Waals surface area contributed by atoms with E-state index >= 15 is 0 Å². The first kappa shape index (κ1) is 14.3. The quantitative estimate of drug-likeness (QED) is 0.886. The molecule has 1 aliphatic rings. The highest BCUT2D eigenvalue weighted by Crippen LogP contribution is 2.25. The van der Waals surface area contributed by atoms with Gasteiger partial charge >= 0.3 is 0 Å². The molecule has 3 rings (SSSR count). The summed E-state index contributed by atoms with van der Waals surface area (Å²) in [6.07, 6.45) is 2.89. The third-order valence-electron chi connectivity index (χ3n) is 4.21. The summed E-state index contributed by atoms with van der Waals surface area (Å²) in [5, 5.41) is 14.1. The first-order valence-electron chi connectivity index (χ1n) is 7.57. The van der Waals surface area contributed by atoms with Gasteiger partial charge in [-0.15, -0.1) is 0 Å². The van der Waals surface area contributed by atoms with Crippen LogP contribution in [0.3, 0.4) is 0 Å². The van der Waals surface area contributed by atoms with E-state index in [9.17, 15) is 5.11 Å². The highest BCUT2D eigenvalue weighted by Gasteiger charge is 2.22. The Morgan fingerprint density at radius 2 is 2.19 bits per heavy atom. The van der Waals surface area contributed by atoms with Gasteiger partial charge in [-0.1, -0.05) is 18.2 Å². The Bertz CT molecular complexity index is 615. The van der Waals surface area contributed by atoms with Crippen LogP contribution in [0.1, 0.15) is 25.0 Å². The van der Waals surface area contributed by atoms with Crippen molar-refractivity contribution < 1.29 is 9.84 Å². The molecule has 0 bridgehead atoms. The lowest BCUT2D eigenvalue weighted by molar-refractivity contribution is 0.177. The van der Waals surface area contributed by atoms with Crippen LogP contribution in [-0.2, 0) is 6.54 Å². The lowest BCUT2D eigenvalue weighted by Crippen LogP contribution is -2.21. The van der Waals surface area contributed by atoms with Gasteiger partial charge in [-0.3, -0.25) is 0 Å². The standard InChI is InChI=1S/C17H22N2O2/c1-21-16-4-2-3-13-6-7-14(19-17(13)16)11-18-10-12-5-8-15(20)9-12/h2-4,6-7,12,15,18,20H,5,8-11H2,1H3. The highest BCUT2D eigenvalue weighted by atomic mass is 16.5. The molecule has 0 spiro atoms. The summed E-state index contributed by atoms with van der Waals surface area (Å²) in [5.41, 5.74) is 1.93. The van der Waals surface area contributed by atoms with Crippen LogP contribution < -0.4 is 10.1 Å². The van der Waals surface area contributed by atoms with Crippen molar-refractivity contribution in [2.75, 3.05) is 13.7 Å². The van der Waals surface area contributed by atoms with Crippen LogP contribution in [0.25, 0.3) is 10.9 Å². The molecule has 0 aliphatic heterocycles. The van der Waals surface area contributed by atoms with Crippen LogP contribution in [0.2, 0.25) is 0 Å². The van der Waals surface area contributed by atoms with Gasteiger partial charge in [0.2, 0.25) is 0 Å². The number of fused-ring (bicyclic) bond motifs is 1. The number of rotatable bonds is 5. The average molecular weight is 286 g/mol. The zero-order valence-electron chi connectivity index (χ0n) is 12.4. The summed E-state index contributed by atoms with van der Waals surface area (Å²) in [7, 11) is 1.67. The van der Waals surface area contributed by atoms with E-state index in [1.165, 1.54) is 0 Å². The fraction of sp³-hybridized carbons (Fsp3) is 0.471. The lowest BCUT2D eigenvalue weighted by Gasteiger charge is -2.11. The largest absolute Gasteiger partial charge is 0.494 e. The zero-order chi connectivity index (χ0) is 14.7. The molecule has 1 aromatic heterocycles. The van der Waals surface area contributed by atoms with Gasteiger partial charge in [-0.05, 0) is 43.9 Å². The maximum absolute atomic E-state index is 9.54. The number of aliphatic hydroxyl groups excluding tert-OH is 1. The first-order chi connectivity index (χ1) is 10.3. The number of aliphatic hydroxyl groups is 1. The van der Waals surface area contributed by atoms with Crippen molar-refractivity contribution in [3.05, 3.63) is 36.0 Å². The second kappa shape index (κ2) is 6.41. The summed E-state index contributed by atoms with van der Waals surface area (Å²) >= 11 is 0. The predicted molar refractivity (Wildman–Crippen MR) is 83.3 cm³/mol. The molecule has 2 atom stereocenters. The van der Waals surface area contributed by atoms with Crippen molar-refractivity contribution in [3.63, 3.8) is 0 Å². The Labute approximate surface area is 125 Å². The van der Waals surface area contributed by atoms with Crippen LogP contribution >= 0.6 is 0 Å². The molecule has 0 radical (unpaired) electrons. The molecule has 4 heteroatoms. The Balaban J connectivity index is 1.64. The van der Waals surface area contributed by atoms with Gasteiger partial charge in [-0.25, -0.2) is 4.98 Å². The minimum atomic E-state index is -0.0974. The molecule has 112 valence electrons. The Kier molecular flexibility index (Phi) is 4.36. The smallest absolute Gasteiger partial charge is 0.145 e. The van der Waals surface area contributed by atoms with E-state index in [1.807, 2.05) is 18.2 Å². The molecule has 2 unspecified atom stereocenters. The molecule has 2 aromatic rings. The summed E-state index contributed by atoms with van der Waals surface area (Å²) in [4.78, 5) is 4.69. The second-order valence-corrected chi connectivity index (χ2v) is 5.80. The summed E-state index contributed by atoms with van der Waals surface area (Å²) in [5.74, 6) is 1.41. The molecule has 1 fully saturated rings. The van der Waals surface area contributed by atoms with Crippen LogP contribution in [0.15, 0.2) is 30.3 Å². The van der Waals surface area contributed by atoms with E-state index in [4.69, 9.17) is 4.74 Å². The van der Waals surface area contributed by atoms with E-state index in [0.29, 0.717) is 5.92 Å². The fourth-order valence-electron chi connectivity index (χ4n) is 3.06. The molecular weight excluding hydrogens is 264 g/mol. The summed E-state index contributed by atoms with van der Waals surface area (Å²) in [6.45, 7) is 1.70. The number of hydrogen-bond donors (Lipinski definition) is 2. The molecule has 2 N–H and O–H groups in total. The normalized spacial score (nSPS) is 21.8. The van der Waals surface area contributed by atoms with E-state index in [-0.39, 0.29) is 6.10 Å². The predicted octanol–water partition coefficient (Wildman–Crippen LogP) is 2.49. The van der Waals surface area contributed by atoms with Crippen LogP contribution in [-0.4, -0.2) is 29.8 Å². The van der Waals surface area contributed by atoms with Crippen LogP contribution in [0.4, 0.5) is 0 Å². The monoisotopic (exact) mass is 286 g/mol. The van der Waals surface area contributed by atoms with Crippen molar-refractivity contribution >= 4 is 10.9 Å². The van der Waals surface area contributed by atoms with E-state index in [2.05, 4.69) is 22.4 Å². The van der Waals surface area contributed by atoms with Crippen molar-refractivity contribution in [1.29, 1.82) is 0 Å². The van der Waals surface area contributed by atoms with Crippen LogP contribution in [0, 0.1) is 5.92 Å². The second-order valence-electron chi connectivity index (χ2n) is 5.80. The number of benzene rings is 1. The Morgan fingerprint density at radius 3 is 2.95 bits per heavy atom. The highest BCUT2D eigenvalue weighted by molar-refractivity contribution is 5.84. The van der Waals surface area contributed by atoms with Crippen molar-refractivity contribution in [3.8, 4) is 5.75 Å². The van der Waals surface area contributed by atoms with E-state index in [1.54, 1.807) is 7.11 Å². The first-order valence-corrected chi connectivity index (χ1v) is 7.57. The molecule has 1 aromatic carbocycles. The van der Waals surface area contributed by atoms with Gasteiger partial charge < -0.3 is 15.2 Å². The van der Waals surface area contributed by atoms with Gasteiger partial charge in [0.25, 0.3) is 0 Å². The number of hydrogen-bond acceptors (Lipinski definition) is 4. The Hall–Kier alpha value is -1.65. The molecule has 1 aliphatic carbocycles. The number of ether oxygens (including phenoxy) is 1. The molecule has 1 heterocycles. The van der Waals surface area contributed by atoms with Gasteiger partial charge in [-0.2, -0.15) is 0 Å². The Morgan fingerprint density at radius 1 is 1.29 bits per heavy atom. The van der Waals surface area contributed by atoms with Gasteiger partial charge in [0.05, 0.1) is 18.9 Å². The van der Waals surface area contributed by atoms with Gasteiger partial charge in [0.1, 0.15) is 11.3 Å². The molecule has 0 saturated heterocycles. The SMILES string of the molecule is COc1cccc2ccc(CNCC3CCC(O)C3)nc12. The summed E-state index contributed by atoms with van der Waals surface area (Å²) in [6, 6.07) is 10.1. The number of nitrogens with zero attached hydrogens (tertiary/aromatic N) is 1. The average Bonchev–Trinajstić information content (AvgIpc) is 2.92. The number of pyridine rings is 1. The molecule has 21 heavy (non-hydrogen) atoms. The number of nitrogens with one attached hydrogen (secondary N) is 1. The molecule has 1 saturated carbocycles. The number of methoxy groups -OCH3 is 1. The lowest BCUT2D eigenvalue weighted by atomic mass is 10.1. The minimum absolute atomic E-state index is 0.0974. The number of para-hydroxylation sites is 1. The van der Waals surface area contributed by atoms with Gasteiger partial charge in [0.15, 0.2) is 0 Å². The third-order valence-corrected chi connectivity index (χ3v) is 4.21. The fourth-order valence-corrected chi connectivity index (χ4v) is 3.06. The zero-order valence-corrected chi connectivity index (χ0v) is 12.4. The van der Waals surface area contributed by atoms with Crippen molar-refractivity contribution in [2.45, 2.75) is 31.9 Å². The number of aromatic nitrogens is 1. The molecular formula is C17H22N2O2. The van der Waals surface area contributed by atoms with Crippen molar-refractivity contribution in [1.82, 2.24) is 10.3 Å².